The third-order valence-electron chi connectivity index (χ3n) is 5.05. The Bertz CT molecular complexity index is 932. The molecule has 0 aliphatic carbocycles. The van der Waals surface area contributed by atoms with Crippen molar-refractivity contribution in [3.8, 4) is 5.75 Å². The first-order valence-corrected chi connectivity index (χ1v) is 10.8. The molecule has 1 heterocycles. The van der Waals surface area contributed by atoms with Crippen molar-refractivity contribution < 1.29 is 24.2 Å². The normalized spacial score (nSPS) is 15.3. The second-order valence-electron chi connectivity index (χ2n) is 8.94. The number of amides is 1. The summed E-state index contributed by atoms with van der Waals surface area (Å²) in [6.07, 6.45) is 2.87. The van der Waals surface area contributed by atoms with Gasteiger partial charge >= 0.3 is 12.1 Å². The number of carboxylic acids is 1. The van der Waals surface area contributed by atoms with E-state index < -0.39 is 11.6 Å². The molecule has 2 aromatic carbocycles. The van der Waals surface area contributed by atoms with Crippen molar-refractivity contribution in [2.24, 2.45) is 0 Å². The summed E-state index contributed by atoms with van der Waals surface area (Å²) in [6.45, 7) is 7.26. The summed E-state index contributed by atoms with van der Waals surface area (Å²) in [6, 6.07) is 13.0. The number of fused-ring (bicyclic) bond motifs is 3. The molecule has 0 saturated heterocycles. The summed E-state index contributed by atoms with van der Waals surface area (Å²) in [5.74, 6) is -0.230. The molecule has 166 valence electrons. The zero-order valence-electron chi connectivity index (χ0n) is 18.5. The molecule has 1 N–H and O–H groups in total. The van der Waals surface area contributed by atoms with Gasteiger partial charge in [0.05, 0.1) is 12.2 Å². The van der Waals surface area contributed by atoms with E-state index in [1.54, 1.807) is 23.1 Å². The molecule has 0 aromatic heterocycles. The monoisotopic (exact) mass is 425 g/mol. The van der Waals surface area contributed by atoms with E-state index in [0.717, 1.165) is 41.7 Å². The SMILES string of the molecule is CC(C)(C)OC(=O)N1CCCCCOc2ccc(C(=O)O)cc2Cc2cccc(c2)C1. The molecule has 0 saturated carbocycles. The Balaban J connectivity index is 1.89. The lowest BCUT2D eigenvalue weighted by molar-refractivity contribution is 0.0229. The van der Waals surface area contributed by atoms with Crippen LogP contribution in [0.5, 0.6) is 5.75 Å². The van der Waals surface area contributed by atoms with E-state index in [2.05, 4.69) is 6.07 Å². The number of benzene rings is 2. The first-order valence-electron chi connectivity index (χ1n) is 10.8. The molecule has 3 rings (SSSR count). The number of carbonyl (C=O) groups excluding carboxylic acids is 1. The van der Waals surface area contributed by atoms with Crippen LogP contribution in [0.15, 0.2) is 42.5 Å². The van der Waals surface area contributed by atoms with Crippen LogP contribution in [0.2, 0.25) is 0 Å². The maximum atomic E-state index is 12.7. The zero-order chi connectivity index (χ0) is 22.4. The Morgan fingerprint density at radius 3 is 2.55 bits per heavy atom. The predicted octanol–water partition coefficient (Wildman–Crippen LogP) is 5.28. The van der Waals surface area contributed by atoms with Crippen molar-refractivity contribution in [3.63, 3.8) is 0 Å². The summed E-state index contributed by atoms with van der Waals surface area (Å²) in [5.41, 5.74) is 2.59. The first kappa shape index (κ1) is 22.7. The molecular weight excluding hydrogens is 394 g/mol. The maximum absolute atomic E-state index is 12.7. The fourth-order valence-electron chi connectivity index (χ4n) is 3.59. The van der Waals surface area contributed by atoms with Crippen LogP contribution < -0.4 is 4.74 Å². The van der Waals surface area contributed by atoms with Crippen LogP contribution in [0.3, 0.4) is 0 Å². The smallest absolute Gasteiger partial charge is 0.410 e. The summed E-state index contributed by atoms with van der Waals surface area (Å²) >= 11 is 0. The minimum atomic E-state index is -0.955. The summed E-state index contributed by atoms with van der Waals surface area (Å²) in [7, 11) is 0. The minimum absolute atomic E-state index is 0.246. The third-order valence-corrected chi connectivity index (χ3v) is 5.05. The molecule has 0 fully saturated rings. The minimum Gasteiger partial charge on any atom is -0.493 e. The molecule has 6 heteroatoms. The number of aromatic carboxylic acids is 1. The first-order chi connectivity index (χ1) is 14.7. The van der Waals surface area contributed by atoms with Gasteiger partial charge in [-0.25, -0.2) is 9.59 Å². The van der Waals surface area contributed by atoms with E-state index >= 15 is 0 Å². The highest BCUT2D eigenvalue weighted by molar-refractivity contribution is 5.88. The number of rotatable bonds is 1. The summed E-state index contributed by atoms with van der Waals surface area (Å²) in [5, 5.41) is 9.37. The molecule has 1 aliphatic heterocycles. The van der Waals surface area contributed by atoms with E-state index in [4.69, 9.17) is 9.47 Å². The lowest BCUT2D eigenvalue weighted by Crippen LogP contribution is -2.37. The van der Waals surface area contributed by atoms with Crippen molar-refractivity contribution in [2.45, 2.75) is 58.6 Å². The Labute approximate surface area is 183 Å². The third kappa shape index (κ3) is 6.74. The van der Waals surface area contributed by atoms with Crippen LogP contribution in [0.1, 0.15) is 67.1 Å². The van der Waals surface area contributed by atoms with Crippen LogP contribution in [-0.2, 0) is 17.7 Å². The molecule has 0 atom stereocenters. The lowest BCUT2D eigenvalue weighted by Gasteiger charge is -2.28. The van der Waals surface area contributed by atoms with Gasteiger partial charge in [-0.2, -0.15) is 0 Å². The van der Waals surface area contributed by atoms with Crippen LogP contribution in [-0.4, -0.2) is 40.8 Å². The molecular formula is C25H31NO5. The number of ether oxygens (including phenoxy) is 2. The van der Waals surface area contributed by atoms with Gasteiger partial charge in [0.15, 0.2) is 0 Å². The molecule has 31 heavy (non-hydrogen) atoms. The van der Waals surface area contributed by atoms with E-state index in [1.165, 1.54) is 0 Å². The number of carboxylic acid groups (broad SMARTS) is 1. The van der Waals surface area contributed by atoms with Gasteiger partial charge in [-0.05, 0) is 74.9 Å². The van der Waals surface area contributed by atoms with Gasteiger partial charge in [0, 0.05) is 19.5 Å². The number of hydrogen-bond donors (Lipinski definition) is 1. The number of nitrogens with zero attached hydrogens (tertiary/aromatic N) is 1. The van der Waals surface area contributed by atoms with Crippen LogP contribution >= 0.6 is 0 Å². The van der Waals surface area contributed by atoms with Gasteiger partial charge in [0.2, 0.25) is 0 Å². The highest BCUT2D eigenvalue weighted by Crippen LogP contribution is 2.25. The maximum Gasteiger partial charge on any atom is 0.410 e. The van der Waals surface area contributed by atoms with Crippen LogP contribution in [0, 0.1) is 0 Å². The van der Waals surface area contributed by atoms with E-state index in [1.807, 2.05) is 39.0 Å². The topological polar surface area (TPSA) is 76.1 Å². The highest BCUT2D eigenvalue weighted by Gasteiger charge is 2.22. The van der Waals surface area contributed by atoms with Gasteiger partial charge in [-0.1, -0.05) is 24.3 Å². The lowest BCUT2D eigenvalue weighted by atomic mass is 10.00. The number of carbonyl (C=O) groups is 2. The Morgan fingerprint density at radius 2 is 1.81 bits per heavy atom. The molecule has 0 unspecified atom stereocenters. The molecule has 2 bridgehead atoms. The van der Waals surface area contributed by atoms with Gasteiger partial charge in [0.1, 0.15) is 11.4 Å². The van der Waals surface area contributed by atoms with Crippen molar-refractivity contribution in [2.75, 3.05) is 13.2 Å². The fraction of sp³-hybridized carbons (Fsp3) is 0.440. The molecule has 1 aliphatic rings. The average Bonchev–Trinajstić information content (AvgIpc) is 2.68. The summed E-state index contributed by atoms with van der Waals surface area (Å²) in [4.78, 5) is 25.9. The second kappa shape index (κ2) is 9.86. The van der Waals surface area contributed by atoms with E-state index in [9.17, 15) is 14.7 Å². The largest absolute Gasteiger partial charge is 0.493 e. The fourth-order valence-corrected chi connectivity index (χ4v) is 3.59. The molecule has 1 amide bonds. The molecule has 2 aromatic rings. The predicted molar refractivity (Wildman–Crippen MR) is 119 cm³/mol. The Morgan fingerprint density at radius 1 is 1.03 bits per heavy atom. The second-order valence-corrected chi connectivity index (χ2v) is 8.94. The molecule has 6 nitrogen and oxygen atoms in total. The Hall–Kier alpha value is -3.02. The average molecular weight is 426 g/mol. The number of hydrogen-bond acceptors (Lipinski definition) is 4. The van der Waals surface area contributed by atoms with Crippen LogP contribution in [0.4, 0.5) is 4.79 Å². The van der Waals surface area contributed by atoms with Gasteiger partial charge < -0.3 is 19.5 Å². The Kier molecular flexibility index (Phi) is 7.21. The van der Waals surface area contributed by atoms with Crippen LogP contribution in [0.25, 0.3) is 0 Å². The van der Waals surface area contributed by atoms with Gasteiger partial charge in [-0.15, -0.1) is 0 Å². The standard InChI is InChI=1S/C25H31NO5/c1-25(2,3)31-24(29)26-12-5-4-6-13-30-22-11-10-20(23(27)28)16-21(22)15-18-8-7-9-19(14-18)17-26/h7-11,14,16H,4-6,12-13,15,17H2,1-3H3,(H,27,28). The molecule has 0 radical (unpaired) electrons. The van der Waals surface area contributed by atoms with Gasteiger partial charge in [-0.3, -0.25) is 0 Å². The summed E-state index contributed by atoms with van der Waals surface area (Å²) < 4.78 is 11.6. The van der Waals surface area contributed by atoms with Crippen molar-refractivity contribution in [1.29, 1.82) is 0 Å². The van der Waals surface area contributed by atoms with Crippen molar-refractivity contribution >= 4 is 12.1 Å². The zero-order valence-corrected chi connectivity index (χ0v) is 18.5. The van der Waals surface area contributed by atoms with Crippen molar-refractivity contribution in [3.05, 3.63) is 64.7 Å². The quantitative estimate of drug-likeness (QED) is 0.673. The highest BCUT2D eigenvalue weighted by atomic mass is 16.6. The van der Waals surface area contributed by atoms with E-state index in [0.29, 0.717) is 26.1 Å². The van der Waals surface area contributed by atoms with Crippen molar-refractivity contribution in [1.82, 2.24) is 4.90 Å². The van der Waals surface area contributed by atoms with Gasteiger partial charge in [0.25, 0.3) is 0 Å². The van der Waals surface area contributed by atoms with E-state index in [-0.39, 0.29) is 11.7 Å². The molecule has 0 spiro atoms.